The van der Waals surface area contributed by atoms with Crippen LogP contribution in [0, 0.1) is 5.92 Å². The molecule has 0 saturated carbocycles. The number of rotatable bonds is 6. The molecule has 2 unspecified atom stereocenters. The van der Waals surface area contributed by atoms with Gasteiger partial charge in [0.25, 0.3) is 0 Å². The Morgan fingerprint density at radius 3 is 2.17 bits per heavy atom. The maximum Gasteiger partial charge on any atom is 0.306 e. The normalized spacial score (nSPS) is 11.8. The molecule has 0 heterocycles. The van der Waals surface area contributed by atoms with Crippen LogP contribution in [-0.2, 0) is 4.79 Å². The van der Waals surface area contributed by atoms with Crippen molar-refractivity contribution in [2.45, 2.75) is 46.0 Å². The molecule has 0 rings (SSSR count). The van der Waals surface area contributed by atoms with Crippen molar-refractivity contribution in [1.82, 2.24) is 0 Å². The van der Waals surface area contributed by atoms with Gasteiger partial charge in [0, 0.05) is 0 Å². The average molecular weight is 192 g/mol. The monoisotopic (exact) mass is 192 g/mol. The molecule has 3 heteroatoms. The molecule has 0 aromatic heterocycles. The number of carboxylic acids is 1. The maximum atomic E-state index is 10.6. The number of unbranched alkanes of at least 4 members (excludes halogenated alkanes) is 1. The lowest BCUT2D eigenvalue weighted by atomic mass is 9.97. The molecular formula is C9H21O2P. The Kier molecular flexibility index (Phi) is 10.8. The molecule has 2 atom stereocenters. The molecule has 1 N–H and O–H groups in total. The molecule has 0 aliphatic heterocycles. The van der Waals surface area contributed by atoms with E-state index in [2.05, 4.69) is 6.92 Å². The summed E-state index contributed by atoms with van der Waals surface area (Å²) in [5, 5.41) is 8.73. The largest absolute Gasteiger partial charge is 0.481 e. The number of hydrogen-bond donors (Lipinski definition) is 1. The zero-order chi connectivity index (χ0) is 8.69. The molecule has 0 aromatic carbocycles. The van der Waals surface area contributed by atoms with Crippen LogP contribution in [0.5, 0.6) is 0 Å². The quantitative estimate of drug-likeness (QED) is 0.657. The Labute approximate surface area is 78.4 Å². The van der Waals surface area contributed by atoms with Crippen molar-refractivity contribution >= 4 is 15.9 Å². The van der Waals surface area contributed by atoms with Gasteiger partial charge < -0.3 is 5.11 Å². The second-order valence-electron chi connectivity index (χ2n) is 2.97. The van der Waals surface area contributed by atoms with Crippen LogP contribution in [0.1, 0.15) is 46.0 Å². The minimum absolute atomic E-state index is 0. The Hall–Kier alpha value is -0.100. The fourth-order valence-electron chi connectivity index (χ4n) is 1.19. The fraction of sp³-hybridized carbons (Fsp3) is 0.889. The highest BCUT2D eigenvalue weighted by Gasteiger charge is 2.14. The van der Waals surface area contributed by atoms with E-state index in [1.165, 1.54) is 0 Å². The molecular weight excluding hydrogens is 171 g/mol. The van der Waals surface area contributed by atoms with Gasteiger partial charge in [-0.05, 0) is 12.8 Å². The first-order chi connectivity index (χ1) is 5.22. The van der Waals surface area contributed by atoms with Gasteiger partial charge >= 0.3 is 5.97 Å². The first-order valence-electron chi connectivity index (χ1n) is 4.45. The third kappa shape index (κ3) is 6.60. The molecule has 0 fully saturated rings. The van der Waals surface area contributed by atoms with Crippen molar-refractivity contribution in [3.05, 3.63) is 0 Å². The van der Waals surface area contributed by atoms with Gasteiger partial charge in [0.05, 0.1) is 5.92 Å². The summed E-state index contributed by atoms with van der Waals surface area (Å²) in [6.07, 6.45) is 4.78. The summed E-state index contributed by atoms with van der Waals surface area (Å²) in [6, 6.07) is 0. The van der Waals surface area contributed by atoms with Crippen molar-refractivity contribution in [3.8, 4) is 0 Å². The van der Waals surface area contributed by atoms with E-state index in [1.54, 1.807) is 0 Å². The summed E-state index contributed by atoms with van der Waals surface area (Å²) in [5.74, 6) is -0.722. The number of carboxylic acid groups (broad SMARTS) is 1. The van der Waals surface area contributed by atoms with E-state index < -0.39 is 5.97 Å². The van der Waals surface area contributed by atoms with E-state index in [1.807, 2.05) is 6.92 Å². The Balaban J connectivity index is 0. The topological polar surface area (TPSA) is 37.3 Å². The van der Waals surface area contributed by atoms with Crippen LogP contribution in [0.3, 0.4) is 0 Å². The molecule has 0 radical (unpaired) electrons. The third-order valence-corrected chi connectivity index (χ3v) is 1.89. The van der Waals surface area contributed by atoms with Gasteiger partial charge in [-0.1, -0.05) is 33.1 Å². The molecule has 0 spiro atoms. The molecule has 12 heavy (non-hydrogen) atoms. The van der Waals surface area contributed by atoms with E-state index in [0.29, 0.717) is 0 Å². The van der Waals surface area contributed by atoms with Gasteiger partial charge in [-0.15, -0.1) is 0 Å². The third-order valence-electron chi connectivity index (χ3n) is 1.89. The van der Waals surface area contributed by atoms with Crippen LogP contribution < -0.4 is 0 Å². The molecule has 0 saturated heterocycles. The lowest BCUT2D eigenvalue weighted by Crippen LogP contribution is -2.12. The average Bonchev–Trinajstić information content (AvgIpc) is 1.97. The maximum absolute atomic E-state index is 10.6. The van der Waals surface area contributed by atoms with Crippen LogP contribution >= 0.6 is 9.90 Å². The molecule has 2 nitrogen and oxygen atoms in total. The first kappa shape index (κ1) is 14.4. The van der Waals surface area contributed by atoms with Crippen LogP contribution in [0.2, 0.25) is 0 Å². The van der Waals surface area contributed by atoms with Gasteiger partial charge in [0.1, 0.15) is 0 Å². The summed E-state index contributed by atoms with van der Waals surface area (Å²) in [5.41, 5.74) is 0. The van der Waals surface area contributed by atoms with Gasteiger partial charge in [-0.3, -0.25) is 4.79 Å². The molecule has 0 aliphatic carbocycles. The highest BCUT2D eigenvalue weighted by molar-refractivity contribution is 6.92. The molecule has 0 bridgehead atoms. The molecule has 0 aliphatic rings. The van der Waals surface area contributed by atoms with E-state index in [0.717, 1.165) is 32.1 Å². The predicted octanol–water partition coefficient (Wildman–Crippen LogP) is 2.74. The van der Waals surface area contributed by atoms with Gasteiger partial charge in [0.2, 0.25) is 0 Å². The number of carbonyl (C=O) groups is 1. The van der Waals surface area contributed by atoms with Crippen molar-refractivity contribution in [2.24, 2.45) is 5.92 Å². The highest BCUT2D eigenvalue weighted by atomic mass is 31.0. The molecule has 74 valence electrons. The van der Waals surface area contributed by atoms with Crippen molar-refractivity contribution in [3.63, 3.8) is 0 Å². The van der Waals surface area contributed by atoms with E-state index in [9.17, 15) is 4.79 Å². The summed E-state index contributed by atoms with van der Waals surface area (Å²) in [6.45, 7) is 4.12. The lowest BCUT2D eigenvalue weighted by molar-refractivity contribution is -0.142. The fourth-order valence-corrected chi connectivity index (χ4v) is 1.19. The zero-order valence-electron chi connectivity index (χ0n) is 8.18. The standard InChI is InChI=1S/C9H18O2.H3P/c1-3-5-7-8(6-4-2)9(10)11;/h8H,3-7H2,1-2H3,(H,10,11);1H3. The van der Waals surface area contributed by atoms with Crippen molar-refractivity contribution < 1.29 is 9.90 Å². The Morgan fingerprint density at radius 2 is 1.83 bits per heavy atom. The summed E-state index contributed by atoms with van der Waals surface area (Å²) < 4.78 is 0. The van der Waals surface area contributed by atoms with Gasteiger partial charge in [-0.2, -0.15) is 9.90 Å². The highest BCUT2D eigenvalue weighted by Crippen LogP contribution is 2.14. The second kappa shape index (κ2) is 8.99. The number of aliphatic carboxylic acids is 1. The lowest BCUT2D eigenvalue weighted by Gasteiger charge is -2.08. The predicted molar refractivity (Wildman–Crippen MR) is 56.7 cm³/mol. The van der Waals surface area contributed by atoms with Crippen molar-refractivity contribution in [2.75, 3.05) is 0 Å². The van der Waals surface area contributed by atoms with E-state index in [-0.39, 0.29) is 15.8 Å². The van der Waals surface area contributed by atoms with E-state index >= 15 is 0 Å². The summed E-state index contributed by atoms with van der Waals surface area (Å²) in [7, 11) is 0. The van der Waals surface area contributed by atoms with Gasteiger partial charge in [0.15, 0.2) is 0 Å². The minimum atomic E-state index is -0.625. The Bertz CT molecular complexity index is 115. The molecule has 0 aromatic rings. The zero-order valence-corrected chi connectivity index (χ0v) is 9.59. The van der Waals surface area contributed by atoms with Crippen LogP contribution in [0.15, 0.2) is 0 Å². The number of hydrogen-bond acceptors (Lipinski definition) is 1. The second-order valence-corrected chi connectivity index (χ2v) is 2.97. The SMILES string of the molecule is CCCCC(CCC)C(=O)O.P. The molecule has 0 amide bonds. The van der Waals surface area contributed by atoms with Gasteiger partial charge in [-0.25, -0.2) is 0 Å². The van der Waals surface area contributed by atoms with Crippen LogP contribution in [0.25, 0.3) is 0 Å². The summed E-state index contributed by atoms with van der Waals surface area (Å²) >= 11 is 0. The Morgan fingerprint density at radius 1 is 1.25 bits per heavy atom. The summed E-state index contributed by atoms with van der Waals surface area (Å²) in [4.78, 5) is 10.6. The first-order valence-corrected chi connectivity index (χ1v) is 4.45. The minimum Gasteiger partial charge on any atom is -0.481 e. The van der Waals surface area contributed by atoms with Crippen LogP contribution in [-0.4, -0.2) is 11.1 Å². The smallest absolute Gasteiger partial charge is 0.306 e. The van der Waals surface area contributed by atoms with Crippen molar-refractivity contribution in [1.29, 1.82) is 0 Å². The van der Waals surface area contributed by atoms with Crippen LogP contribution in [0.4, 0.5) is 0 Å². The van der Waals surface area contributed by atoms with E-state index in [4.69, 9.17) is 5.11 Å².